The van der Waals surface area contributed by atoms with Crippen LogP contribution in [-0.4, -0.2) is 39.9 Å². The fourth-order valence-corrected chi connectivity index (χ4v) is 19.8. The van der Waals surface area contributed by atoms with Crippen LogP contribution in [0, 0.1) is 71.8 Å². The van der Waals surface area contributed by atoms with Gasteiger partial charge in [-0.3, -0.25) is 57.4 Å². The minimum absolute atomic E-state index is 0. The molecule has 16 heteroatoms. The molecule has 4 aliphatic rings. The topological polar surface area (TPSA) is 103 Å². The summed E-state index contributed by atoms with van der Waals surface area (Å²) in [5.41, 5.74) is 22.4. The summed E-state index contributed by atoms with van der Waals surface area (Å²) >= 11 is 0. The molecule has 32 bridgehead atoms. The van der Waals surface area contributed by atoms with Crippen LogP contribution < -0.4 is 0 Å². The molecule has 0 atom stereocenters. The number of aromatic nitrogens is 8. The van der Waals surface area contributed by atoms with Gasteiger partial charge in [0.15, 0.2) is 0 Å². The first-order chi connectivity index (χ1) is 66.0. The van der Waals surface area contributed by atoms with Crippen molar-refractivity contribution in [2.24, 2.45) is 0 Å². The third kappa shape index (κ3) is 21.6. The van der Waals surface area contributed by atoms with Gasteiger partial charge in [-0.25, -0.2) is 0 Å². The van der Waals surface area contributed by atoms with Gasteiger partial charge in [-0.05, 0) is 142 Å². The van der Waals surface area contributed by atoms with Gasteiger partial charge in [-0.2, -0.15) is 224 Å². The predicted octanol–water partition coefficient (Wildman–Crippen LogP) is 28.4. The second-order valence-electron chi connectivity index (χ2n) is 44.6. The van der Waals surface area contributed by atoms with Gasteiger partial charge in [0.05, 0.1) is 11.4 Å². The summed E-state index contributed by atoms with van der Waals surface area (Å²) in [6.45, 7) is 50.2. The van der Waals surface area contributed by atoms with Crippen LogP contribution in [-0.2, 0) is 175 Å². The fraction of sp³-hybridized carbons (Fsp3) is 0.312. The van der Waals surface area contributed by atoms with Crippen LogP contribution in [0.4, 0.5) is 17.6 Å². The SMILES string of the molecule is CC1(C)c2[c-]c(ccc2)C(C)(C)c2cccc(n2)C(C)(C)c2[c-]c(ccc2)C(C)(C)c2cccc1n2.CC1(C)c2[c-]c(ccc2)C(C)(C)c2cccc(n2)C(C)(C)c2cccc(n2)C(C)(C)c2[c-]c1ccc2.CC1(C)c2cccc(n2)C(C)(C)c2[c-]c(c(F)cc2F)C(C)(C)c2cccc(n2)C(C)(C)c2[c-]c1c(F)cc2F.[Pt+2].[Pt+2].[Pt+2].[Pt+2].[c-]1c2cccc1Cc1cccc(n1)Cc1[c-]c(ccc1)Cc1cccc(n1)C2. The number of halogens is 4. The first-order valence-corrected chi connectivity index (χ1v) is 48.7. The summed E-state index contributed by atoms with van der Waals surface area (Å²) in [6, 6.07) is 118. The molecule has 0 spiro atoms. The van der Waals surface area contributed by atoms with E-state index >= 15 is 17.6 Å². The molecule has 0 radical (unpaired) electrons. The van der Waals surface area contributed by atoms with Crippen molar-refractivity contribution in [3.05, 3.63) is 519 Å². The molecular weight excluding hydrogens is 2510 g/mol. The van der Waals surface area contributed by atoms with Crippen molar-refractivity contribution in [2.75, 3.05) is 0 Å². The van der Waals surface area contributed by atoms with E-state index < -0.39 is 44.9 Å². The van der Waals surface area contributed by atoms with Gasteiger partial charge in [0.2, 0.25) is 0 Å². The summed E-state index contributed by atoms with van der Waals surface area (Å²) in [5.74, 6) is -2.94. The van der Waals surface area contributed by atoms with Gasteiger partial charge < -0.3 is 0 Å². The van der Waals surface area contributed by atoms with E-state index in [0.717, 1.165) is 151 Å². The van der Waals surface area contributed by atoms with Crippen LogP contribution in [0.5, 0.6) is 0 Å². The molecule has 20 rings (SSSR count). The largest absolute Gasteiger partial charge is 2.00 e. The predicted molar refractivity (Wildman–Crippen MR) is 553 cm³/mol. The maximum atomic E-state index is 15.5. The molecule has 744 valence electrons. The molecule has 0 N–H and O–H groups in total. The first kappa shape index (κ1) is 111. The van der Waals surface area contributed by atoms with Crippen LogP contribution in [0.1, 0.15) is 346 Å². The summed E-state index contributed by atoms with van der Waals surface area (Å²) in [6.07, 6.45) is 3.16. The molecule has 0 aliphatic carbocycles. The van der Waals surface area contributed by atoms with Crippen LogP contribution >= 0.6 is 0 Å². The van der Waals surface area contributed by atoms with Gasteiger partial charge in [-0.1, -0.05) is 201 Å². The Morgan fingerprint density at radius 1 is 0.167 bits per heavy atom. The standard InChI is InChI=1S/C34H32F4N2.2C34H36N2.C26H20N2.4Pt/c1-31(2)19-15-20(24(36)17-23(19)35)32(3,4)29-13-10-14-30(40-29)34(7,8)22-16-21(25(37)18-26(22)38)33(5,6)28-12-9-11-27(31)39-28;1-31(2)23-13-9-15-25(21-23)32(3,4)27-17-11-19-29(35-27)34(7,8)30-20-12-18-28(36-30)33(5,6)26-16-10-14-24(31)22-26;1-31(2)23-13-9-14-24(21-23)32(3,4)29-19-12-20-30(36-29)34(7,8)26-16-10-15-25(22-26)33(5,6)28-18-11-17-27(31)35-28;1-5-19-13-20(6-1)16-24-10-4-12-26(28-24)18-22-8-2-7-21(14-22)17-25-11-3-9-23(15-19)27-25;;;;/h9-14,17-18H,1-8H3;2*9-20H,1-8H3;1-12H,15-18H2;;;;/q4*-2;4*+2. The molecule has 16 aromatic rings. The van der Waals surface area contributed by atoms with Gasteiger partial charge in [-0.15, -0.1) is 34.4 Å². The quantitative estimate of drug-likeness (QED) is 0.109. The molecule has 144 heavy (non-hydrogen) atoms. The molecule has 0 fully saturated rings. The fourth-order valence-electron chi connectivity index (χ4n) is 19.8. The number of hydrogen-bond acceptors (Lipinski definition) is 8. The van der Waals surface area contributed by atoms with Crippen molar-refractivity contribution in [1.29, 1.82) is 0 Å². The van der Waals surface area contributed by atoms with Crippen LogP contribution in [0.25, 0.3) is 0 Å². The molecule has 8 nitrogen and oxygen atoms in total. The minimum Gasteiger partial charge on any atom is -0.284 e. The molecule has 12 heterocycles. The first-order valence-electron chi connectivity index (χ1n) is 48.7. The Hall–Kier alpha value is -10.6. The summed E-state index contributed by atoms with van der Waals surface area (Å²) in [5, 5.41) is 0. The normalized spacial score (nSPS) is 17.1. The second-order valence-corrected chi connectivity index (χ2v) is 44.6. The van der Waals surface area contributed by atoms with E-state index in [-0.39, 0.29) is 150 Å². The smallest absolute Gasteiger partial charge is 0.284 e. The van der Waals surface area contributed by atoms with Crippen LogP contribution in [0.15, 0.2) is 267 Å². The minimum atomic E-state index is -1.03. The Labute approximate surface area is 909 Å². The Kier molecular flexibility index (Phi) is 32.3. The number of hydrogen-bond donors (Lipinski definition) is 0. The summed E-state index contributed by atoms with van der Waals surface area (Å²) in [4.78, 5) is 40.5. The zero-order chi connectivity index (χ0) is 100. The molecule has 8 aromatic heterocycles. The van der Waals surface area contributed by atoms with E-state index in [4.69, 9.17) is 39.9 Å². The van der Waals surface area contributed by atoms with E-state index in [1.807, 2.05) is 0 Å². The van der Waals surface area contributed by atoms with Crippen molar-refractivity contribution in [2.45, 2.75) is 257 Å². The van der Waals surface area contributed by atoms with E-state index in [1.165, 1.54) is 22.3 Å². The number of rotatable bonds is 0. The number of pyridine rings is 8. The van der Waals surface area contributed by atoms with E-state index in [2.05, 4.69) is 378 Å². The number of fused-ring (bicyclic) bond motifs is 32. The molecule has 4 aliphatic heterocycles. The zero-order valence-electron chi connectivity index (χ0n) is 86.6. The molecule has 0 saturated heterocycles. The maximum Gasteiger partial charge on any atom is 2.00 e. The second kappa shape index (κ2) is 42.0. The molecule has 0 unspecified atom stereocenters. The van der Waals surface area contributed by atoms with Crippen LogP contribution in [0.2, 0.25) is 0 Å². The molecule has 0 saturated carbocycles. The maximum absolute atomic E-state index is 15.5. The van der Waals surface area contributed by atoms with Crippen molar-refractivity contribution < 1.29 is 102 Å². The Bertz CT molecular complexity index is 6110. The van der Waals surface area contributed by atoms with Gasteiger partial charge in [0.1, 0.15) is 0 Å². The average Bonchev–Trinajstić information content (AvgIpc) is 0.731. The third-order valence-corrected chi connectivity index (χ3v) is 30.3. The average molecular weight is 2630 g/mol. The van der Waals surface area contributed by atoms with Crippen molar-refractivity contribution >= 4 is 0 Å². The van der Waals surface area contributed by atoms with Gasteiger partial charge in [0.25, 0.3) is 0 Å². The Balaban J connectivity index is 0.000000160. The van der Waals surface area contributed by atoms with Crippen molar-refractivity contribution in [3.8, 4) is 0 Å². The van der Waals surface area contributed by atoms with Crippen molar-refractivity contribution in [3.63, 3.8) is 0 Å². The Morgan fingerprint density at radius 2 is 0.319 bits per heavy atom. The number of nitrogens with zero attached hydrogens (tertiary/aromatic N) is 8. The van der Waals surface area contributed by atoms with Gasteiger partial charge in [0, 0.05) is 163 Å². The van der Waals surface area contributed by atoms with E-state index in [0.29, 0.717) is 22.8 Å². The van der Waals surface area contributed by atoms with E-state index in [1.54, 1.807) is 91.8 Å². The van der Waals surface area contributed by atoms with Crippen molar-refractivity contribution in [1.82, 2.24) is 39.9 Å². The third-order valence-electron chi connectivity index (χ3n) is 30.3. The monoisotopic (exact) mass is 2630 g/mol. The molecule has 8 aromatic carbocycles. The van der Waals surface area contributed by atoms with Gasteiger partial charge >= 0.3 is 84.3 Å². The zero-order valence-corrected chi connectivity index (χ0v) is 95.7. The summed E-state index contributed by atoms with van der Waals surface area (Å²) in [7, 11) is 0. The van der Waals surface area contributed by atoms with Crippen LogP contribution in [0.3, 0.4) is 0 Å². The molecular formula is C128H124F4N8Pt4. The molecule has 0 amide bonds. The van der Waals surface area contributed by atoms with E-state index in [9.17, 15) is 0 Å². The summed E-state index contributed by atoms with van der Waals surface area (Å²) < 4.78 is 61.8. The Morgan fingerprint density at radius 3 is 0.514 bits per heavy atom. The number of benzene rings is 8.